The number of H-pyrrole nitrogens is 1. The van der Waals surface area contributed by atoms with Gasteiger partial charge in [-0.25, -0.2) is 0 Å². The second kappa shape index (κ2) is 9.77. The average molecular weight is 455 g/mol. The lowest BCUT2D eigenvalue weighted by atomic mass is 10.0. The summed E-state index contributed by atoms with van der Waals surface area (Å²) in [7, 11) is 0. The van der Waals surface area contributed by atoms with E-state index >= 15 is 0 Å². The number of pyridine rings is 1. The molecule has 2 amide bonds. The Bertz CT molecular complexity index is 1300. The molecule has 0 fully saturated rings. The van der Waals surface area contributed by atoms with E-state index in [0.717, 1.165) is 28.1 Å². The molecule has 1 aliphatic heterocycles. The van der Waals surface area contributed by atoms with E-state index in [1.54, 1.807) is 35.5 Å². The number of amides is 2. The third-order valence-electron chi connectivity index (χ3n) is 5.78. The summed E-state index contributed by atoms with van der Waals surface area (Å²) in [6.07, 6.45) is 10.7. The lowest BCUT2D eigenvalue weighted by Crippen LogP contribution is -2.34. The first-order valence-corrected chi connectivity index (χ1v) is 11.0. The van der Waals surface area contributed by atoms with E-state index in [1.165, 1.54) is 4.90 Å². The fraction of sp³-hybridized carbons (Fsp3) is 0.222. The van der Waals surface area contributed by atoms with Gasteiger partial charge in [0.05, 0.1) is 31.0 Å². The number of aryl methyl sites for hydroxylation is 2. The number of rotatable bonds is 7. The summed E-state index contributed by atoms with van der Waals surface area (Å²) in [6.45, 7) is 4.32. The van der Waals surface area contributed by atoms with Gasteiger partial charge in [-0.15, -0.1) is 6.42 Å². The van der Waals surface area contributed by atoms with Crippen molar-refractivity contribution in [3.05, 3.63) is 82.4 Å². The average Bonchev–Trinajstić information content (AvgIpc) is 3.29. The number of aromatic nitrogens is 2. The molecule has 7 nitrogen and oxygen atoms in total. The van der Waals surface area contributed by atoms with Crippen LogP contribution in [0, 0.1) is 26.2 Å². The number of terminal acetylenes is 1. The molecule has 2 aromatic heterocycles. The number of nitrogens with zero attached hydrogens (tertiary/aromatic N) is 3. The number of aliphatic hydroxyl groups is 1. The van der Waals surface area contributed by atoms with Gasteiger partial charge in [-0.05, 0) is 55.3 Å². The highest BCUT2D eigenvalue weighted by atomic mass is 16.3. The molecule has 172 valence electrons. The normalized spacial score (nSPS) is 13.8. The van der Waals surface area contributed by atoms with Gasteiger partial charge < -0.3 is 19.9 Å². The smallest absolute Gasteiger partial charge is 0.259 e. The maximum Gasteiger partial charge on any atom is 0.259 e. The molecule has 0 saturated heterocycles. The predicted molar refractivity (Wildman–Crippen MR) is 132 cm³/mol. The van der Waals surface area contributed by atoms with Crippen molar-refractivity contribution in [1.82, 2.24) is 14.9 Å². The summed E-state index contributed by atoms with van der Waals surface area (Å²) in [5, 5.41) is 9.32. The highest BCUT2D eigenvalue weighted by Crippen LogP contribution is 2.39. The first-order chi connectivity index (χ1) is 16.4. The van der Waals surface area contributed by atoms with Crippen LogP contribution in [0.25, 0.3) is 11.6 Å². The topological polar surface area (TPSA) is 89.5 Å². The largest absolute Gasteiger partial charge is 0.395 e. The van der Waals surface area contributed by atoms with E-state index in [4.69, 9.17) is 6.42 Å². The quantitative estimate of drug-likeness (QED) is 0.424. The summed E-state index contributed by atoms with van der Waals surface area (Å²) in [4.78, 5) is 37.2. The zero-order chi connectivity index (χ0) is 24.2. The van der Waals surface area contributed by atoms with E-state index < -0.39 is 0 Å². The molecule has 0 atom stereocenters. The summed E-state index contributed by atoms with van der Waals surface area (Å²) in [5.74, 6) is 2.01. The molecular formula is C27H26N4O3. The van der Waals surface area contributed by atoms with Crippen molar-refractivity contribution in [3.8, 4) is 12.3 Å². The molecule has 1 aromatic carbocycles. The van der Waals surface area contributed by atoms with Gasteiger partial charge in [-0.1, -0.05) is 18.1 Å². The van der Waals surface area contributed by atoms with Gasteiger partial charge in [0.2, 0.25) is 0 Å². The molecule has 0 spiro atoms. The van der Waals surface area contributed by atoms with E-state index in [9.17, 15) is 14.7 Å². The molecule has 7 heteroatoms. The maximum atomic E-state index is 13.6. The molecule has 4 rings (SSSR count). The lowest BCUT2D eigenvalue weighted by molar-refractivity contribution is -0.113. The number of nitrogens with one attached hydrogen (secondary N) is 1. The fourth-order valence-electron chi connectivity index (χ4n) is 4.17. The van der Waals surface area contributed by atoms with Crippen LogP contribution < -0.4 is 4.90 Å². The van der Waals surface area contributed by atoms with Crippen LogP contribution >= 0.6 is 0 Å². The first kappa shape index (κ1) is 23.0. The van der Waals surface area contributed by atoms with E-state index in [0.29, 0.717) is 23.4 Å². The van der Waals surface area contributed by atoms with E-state index in [2.05, 4.69) is 15.9 Å². The third kappa shape index (κ3) is 4.49. The van der Waals surface area contributed by atoms with Gasteiger partial charge in [0.15, 0.2) is 0 Å². The molecule has 34 heavy (non-hydrogen) atoms. The Morgan fingerprint density at radius 2 is 2.12 bits per heavy atom. The number of anilines is 1. The predicted octanol–water partition coefficient (Wildman–Crippen LogP) is 3.18. The van der Waals surface area contributed by atoms with Crippen LogP contribution in [0.2, 0.25) is 0 Å². The summed E-state index contributed by atoms with van der Waals surface area (Å²) < 4.78 is 0. The van der Waals surface area contributed by atoms with Gasteiger partial charge in [0, 0.05) is 41.5 Å². The van der Waals surface area contributed by atoms with E-state index in [1.807, 2.05) is 38.1 Å². The molecule has 1 aliphatic rings. The highest BCUT2D eigenvalue weighted by molar-refractivity contribution is 6.36. The van der Waals surface area contributed by atoms with Gasteiger partial charge in [0.1, 0.15) is 0 Å². The zero-order valence-electron chi connectivity index (χ0n) is 19.2. The van der Waals surface area contributed by atoms with Crippen LogP contribution in [0.1, 0.15) is 38.4 Å². The van der Waals surface area contributed by atoms with Crippen LogP contribution in [0.15, 0.2) is 48.8 Å². The molecule has 0 unspecified atom stereocenters. The SMILES string of the molecule is C#CCN(CCO)C(=O)c1ccc2c(c1)N(Cc1cccnc1)C(=O)/C2=C\c1[nH]c(C)cc1C. The number of benzene rings is 1. The summed E-state index contributed by atoms with van der Waals surface area (Å²) >= 11 is 0. The Labute approximate surface area is 198 Å². The third-order valence-corrected chi connectivity index (χ3v) is 5.78. The summed E-state index contributed by atoms with van der Waals surface area (Å²) in [5.41, 5.74) is 6.17. The van der Waals surface area contributed by atoms with Crippen molar-refractivity contribution in [2.24, 2.45) is 0 Å². The van der Waals surface area contributed by atoms with Gasteiger partial charge in [0.25, 0.3) is 11.8 Å². The van der Waals surface area contributed by atoms with Crippen molar-refractivity contribution in [2.45, 2.75) is 20.4 Å². The van der Waals surface area contributed by atoms with Gasteiger partial charge in [-0.2, -0.15) is 0 Å². The van der Waals surface area contributed by atoms with Crippen LogP contribution in [0.4, 0.5) is 5.69 Å². The molecule has 0 saturated carbocycles. The van der Waals surface area contributed by atoms with Crippen molar-refractivity contribution in [3.63, 3.8) is 0 Å². The minimum atomic E-state index is -0.295. The zero-order valence-corrected chi connectivity index (χ0v) is 19.2. The number of carbonyl (C=O) groups is 2. The number of hydrogen-bond donors (Lipinski definition) is 2. The number of aliphatic hydroxyl groups excluding tert-OH is 1. The molecule has 3 heterocycles. The van der Waals surface area contributed by atoms with Gasteiger partial charge in [-0.3, -0.25) is 14.6 Å². The number of aromatic amines is 1. The Balaban J connectivity index is 1.79. The van der Waals surface area contributed by atoms with Crippen molar-refractivity contribution in [1.29, 1.82) is 0 Å². The highest BCUT2D eigenvalue weighted by Gasteiger charge is 2.33. The van der Waals surface area contributed by atoms with Crippen molar-refractivity contribution < 1.29 is 14.7 Å². The fourth-order valence-corrected chi connectivity index (χ4v) is 4.17. The second-order valence-corrected chi connectivity index (χ2v) is 8.25. The Morgan fingerprint density at radius 1 is 1.29 bits per heavy atom. The van der Waals surface area contributed by atoms with Crippen LogP contribution in [0.5, 0.6) is 0 Å². The monoisotopic (exact) mass is 454 g/mol. The van der Waals surface area contributed by atoms with Crippen LogP contribution in [-0.2, 0) is 11.3 Å². The van der Waals surface area contributed by atoms with E-state index in [-0.39, 0.29) is 31.5 Å². The molecular weight excluding hydrogens is 428 g/mol. The Hall–Kier alpha value is -4.15. The van der Waals surface area contributed by atoms with Crippen LogP contribution in [-0.4, -0.2) is 51.5 Å². The number of carbonyl (C=O) groups excluding carboxylic acids is 2. The molecule has 2 N–H and O–H groups in total. The molecule has 0 aliphatic carbocycles. The Kier molecular flexibility index (Phi) is 6.62. The molecule has 0 bridgehead atoms. The van der Waals surface area contributed by atoms with Gasteiger partial charge >= 0.3 is 0 Å². The van der Waals surface area contributed by atoms with Crippen molar-refractivity contribution >= 4 is 29.2 Å². The lowest BCUT2D eigenvalue weighted by Gasteiger charge is -2.21. The second-order valence-electron chi connectivity index (χ2n) is 8.25. The minimum absolute atomic E-state index is 0.0887. The Morgan fingerprint density at radius 3 is 2.76 bits per heavy atom. The van der Waals surface area contributed by atoms with Crippen molar-refractivity contribution in [2.75, 3.05) is 24.6 Å². The maximum absolute atomic E-state index is 13.6. The summed E-state index contributed by atoms with van der Waals surface area (Å²) in [6, 6.07) is 11.0. The minimum Gasteiger partial charge on any atom is -0.395 e. The number of fused-ring (bicyclic) bond motifs is 1. The molecule has 0 radical (unpaired) electrons. The standard InChI is InChI=1S/C27H26N4O3/c1-4-10-30(11-12-32)26(33)21-7-8-22-23(15-24-18(2)13-19(3)29-24)27(34)31(25(22)14-21)17-20-6-5-9-28-16-20/h1,5-9,13-16,29,32H,10-12,17H2,2-3H3/b23-15-. The van der Waals surface area contributed by atoms with Crippen LogP contribution in [0.3, 0.4) is 0 Å². The first-order valence-electron chi connectivity index (χ1n) is 11.0. The molecule has 3 aromatic rings. The number of hydrogen-bond acceptors (Lipinski definition) is 4.